The van der Waals surface area contributed by atoms with Crippen molar-refractivity contribution in [2.45, 2.75) is 26.8 Å². The van der Waals surface area contributed by atoms with Gasteiger partial charge >= 0.3 is 0 Å². The largest absolute Gasteiger partial charge is 0.494 e. The number of benzene rings is 2. The lowest BCUT2D eigenvalue weighted by Crippen LogP contribution is -2.38. The Morgan fingerprint density at radius 2 is 1.83 bits per heavy atom. The van der Waals surface area contributed by atoms with Crippen LogP contribution < -0.4 is 14.9 Å². The fourth-order valence-electron chi connectivity index (χ4n) is 3.11. The zero-order valence-corrected chi connectivity index (χ0v) is 17.5. The molecule has 7 nitrogen and oxygen atoms in total. The molecular weight excluding hydrogens is 390 g/mol. The Kier molecular flexibility index (Phi) is 6.12. The highest BCUT2D eigenvalue weighted by atomic mass is 32.2. The maximum absolute atomic E-state index is 12.2. The van der Waals surface area contributed by atoms with Crippen LogP contribution in [0, 0.1) is 0 Å². The molecule has 0 saturated carbocycles. The monoisotopic (exact) mass is 415 g/mol. The third-order valence-electron chi connectivity index (χ3n) is 4.57. The molecule has 1 unspecified atom stereocenters. The molecule has 0 radical (unpaired) electrons. The van der Waals surface area contributed by atoms with Crippen LogP contribution >= 0.6 is 0 Å². The van der Waals surface area contributed by atoms with E-state index in [4.69, 9.17) is 4.74 Å². The maximum Gasteiger partial charge on any atom is 0.238 e. The number of hydrazine groups is 1. The highest BCUT2D eigenvalue weighted by Crippen LogP contribution is 2.36. The number of hydrogen-bond acceptors (Lipinski definition) is 5. The predicted molar refractivity (Wildman–Crippen MR) is 114 cm³/mol. The number of ether oxygens (including phenoxy) is 1. The highest BCUT2D eigenvalue weighted by molar-refractivity contribution is 7.92. The molecule has 2 aromatic carbocycles. The third-order valence-corrected chi connectivity index (χ3v) is 5.88. The Bertz CT molecular complexity index is 1020. The van der Waals surface area contributed by atoms with Crippen LogP contribution in [0.15, 0.2) is 54.6 Å². The molecule has 1 atom stereocenters. The van der Waals surface area contributed by atoms with Gasteiger partial charge in [-0.2, -0.15) is 0 Å². The second kappa shape index (κ2) is 8.57. The quantitative estimate of drug-likeness (QED) is 0.725. The van der Waals surface area contributed by atoms with Crippen molar-refractivity contribution in [3.8, 4) is 5.75 Å². The number of sulfonamides is 1. The van der Waals surface area contributed by atoms with Crippen molar-refractivity contribution in [3.63, 3.8) is 0 Å². The van der Waals surface area contributed by atoms with Crippen LogP contribution in [0.3, 0.4) is 0 Å². The van der Waals surface area contributed by atoms with E-state index in [1.54, 1.807) is 24.1 Å². The molecule has 0 spiro atoms. The number of nitrogens with one attached hydrogen (secondary N) is 2. The molecule has 29 heavy (non-hydrogen) atoms. The summed E-state index contributed by atoms with van der Waals surface area (Å²) in [5.41, 5.74) is 6.14. The first kappa shape index (κ1) is 20.7. The van der Waals surface area contributed by atoms with E-state index in [1.165, 1.54) is 6.92 Å². The van der Waals surface area contributed by atoms with Crippen LogP contribution in [0.2, 0.25) is 0 Å². The minimum absolute atomic E-state index is 0.00987. The molecule has 0 fully saturated rings. The van der Waals surface area contributed by atoms with Crippen LogP contribution in [0.1, 0.15) is 37.9 Å². The molecule has 0 saturated heterocycles. The first-order chi connectivity index (χ1) is 13.8. The van der Waals surface area contributed by atoms with Crippen LogP contribution in [0.4, 0.5) is 5.69 Å². The molecule has 1 heterocycles. The van der Waals surface area contributed by atoms with E-state index in [9.17, 15) is 13.2 Å². The Morgan fingerprint density at radius 1 is 1.14 bits per heavy atom. The first-order valence-corrected chi connectivity index (χ1v) is 11.1. The number of rotatable bonds is 7. The van der Waals surface area contributed by atoms with Gasteiger partial charge in [-0.05, 0) is 43.7 Å². The van der Waals surface area contributed by atoms with E-state index < -0.39 is 10.0 Å². The van der Waals surface area contributed by atoms with Crippen molar-refractivity contribution in [2.75, 3.05) is 17.1 Å². The molecule has 3 rings (SSSR count). The Labute approximate surface area is 171 Å². The number of anilines is 1. The summed E-state index contributed by atoms with van der Waals surface area (Å²) >= 11 is 0. The molecule has 0 aromatic heterocycles. The second-order valence-corrected chi connectivity index (χ2v) is 8.59. The number of nitrogens with zero attached hydrogens (tertiary/aromatic N) is 1. The molecule has 1 amide bonds. The number of para-hydroxylation sites is 1. The molecule has 8 heteroatoms. The van der Waals surface area contributed by atoms with Crippen LogP contribution in [-0.2, 0) is 14.8 Å². The fourth-order valence-corrected chi connectivity index (χ4v) is 3.75. The number of hydrogen-bond donors (Lipinski definition) is 2. The molecule has 0 bridgehead atoms. The summed E-state index contributed by atoms with van der Waals surface area (Å²) in [6.45, 7) is 5.54. The van der Waals surface area contributed by atoms with Crippen molar-refractivity contribution < 1.29 is 17.9 Å². The van der Waals surface area contributed by atoms with E-state index in [0.29, 0.717) is 12.3 Å². The molecule has 0 aliphatic carbocycles. The summed E-state index contributed by atoms with van der Waals surface area (Å²) in [4.78, 5) is 12.2. The second-order valence-electron chi connectivity index (χ2n) is 6.58. The van der Waals surface area contributed by atoms with E-state index in [2.05, 4.69) is 10.1 Å². The molecule has 2 N–H and O–H groups in total. The van der Waals surface area contributed by atoms with Crippen LogP contribution in [0.5, 0.6) is 5.75 Å². The van der Waals surface area contributed by atoms with Gasteiger partial charge in [-0.25, -0.2) is 13.4 Å². The van der Waals surface area contributed by atoms with Crippen LogP contribution in [-0.4, -0.2) is 31.7 Å². The van der Waals surface area contributed by atoms with Gasteiger partial charge in [0.25, 0.3) is 0 Å². The van der Waals surface area contributed by atoms with Gasteiger partial charge in [0.2, 0.25) is 15.9 Å². The van der Waals surface area contributed by atoms with Gasteiger partial charge in [0.05, 0.1) is 18.1 Å². The lowest BCUT2D eigenvalue weighted by Gasteiger charge is -2.25. The first-order valence-electron chi connectivity index (χ1n) is 9.45. The minimum Gasteiger partial charge on any atom is -0.494 e. The highest BCUT2D eigenvalue weighted by Gasteiger charge is 2.30. The molecule has 154 valence electrons. The predicted octanol–water partition coefficient (Wildman–Crippen LogP) is 3.30. The van der Waals surface area contributed by atoms with E-state index in [0.717, 1.165) is 22.6 Å². The van der Waals surface area contributed by atoms with Gasteiger partial charge in [-0.1, -0.05) is 30.3 Å². The van der Waals surface area contributed by atoms with Gasteiger partial charge in [0, 0.05) is 18.2 Å². The number of carbonyl (C=O) groups is 1. The smallest absolute Gasteiger partial charge is 0.238 e. The SMILES string of the molecule is CCOc1ccccc1C1C=C(c2ccc(NS(=O)(=O)CC)cc2)NN1C(C)=O. The third kappa shape index (κ3) is 4.71. The molecule has 1 aliphatic heterocycles. The number of amides is 1. The lowest BCUT2D eigenvalue weighted by molar-refractivity contribution is -0.132. The summed E-state index contributed by atoms with van der Waals surface area (Å²) in [6.07, 6.45) is 1.96. The Balaban J connectivity index is 1.91. The average Bonchev–Trinajstić information content (AvgIpc) is 3.14. The van der Waals surface area contributed by atoms with Crippen molar-refractivity contribution in [2.24, 2.45) is 0 Å². The van der Waals surface area contributed by atoms with Gasteiger partial charge in [0.1, 0.15) is 11.8 Å². The summed E-state index contributed by atoms with van der Waals surface area (Å²) in [7, 11) is -3.33. The van der Waals surface area contributed by atoms with E-state index in [1.807, 2.05) is 49.4 Å². The van der Waals surface area contributed by atoms with Gasteiger partial charge < -0.3 is 4.74 Å². The standard InChI is InChI=1S/C21H25N3O4S/c1-4-28-21-9-7-6-8-18(21)20-14-19(22-24(20)15(3)25)16-10-12-17(13-11-16)23-29(26,27)5-2/h6-14,20,22-23H,4-5H2,1-3H3. The maximum atomic E-state index is 12.2. The van der Waals surface area contributed by atoms with Gasteiger partial charge in [0.15, 0.2) is 0 Å². The van der Waals surface area contributed by atoms with Crippen molar-refractivity contribution >= 4 is 27.3 Å². The Morgan fingerprint density at radius 3 is 2.45 bits per heavy atom. The van der Waals surface area contributed by atoms with Crippen LogP contribution in [0.25, 0.3) is 5.70 Å². The molecular formula is C21H25N3O4S. The summed E-state index contributed by atoms with van der Waals surface area (Å²) in [5, 5.41) is 1.56. The van der Waals surface area contributed by atoms with Crippen molar-refractivity contribution in [3.05, 3.63) is 65.7 Å². The van der Waals surface area contributed by atoms with Gasteiger partial charge in [-0.15, -0.1) is 0 Å². The minimum atomic E-state index is -3.33. The van der Waals surface area contributed by atoms with E-state index in [-0.39, 0.29) is 17.7 Å². The van der Waals surface area contributed by atoms with E-state index >= 15 is 0 Å². The average molecular weight is 416 g/mol. The topological polar surface area (TPSA) is 87.7 Å². The fraction of sp³-hybridized carbons (Fsp3) is 0.286. The van der Waals surface area contributed by atoms with Gasteiger partial charge in [-0.3, -0.25) is 14.9 Å². The summed E-state index contributed by atoms with van der Waals surface area (Å²) < 4.78 is 31.7. The zero-order chi connectivity index (χ0) is 21.0. The van der Waals surface area contributed by atoms with Crippen molar-refractivity contribution in [1.29, 1.82) is 0 Å². The normalized spacial score (nSPS) is 16.2. The van der Waals surface area contributed by atoms with Crippen molar-refractivity contribution in [1.82, 2.24) is 10.4 Å². The molecule has 1 aliphatic rings. The summed E-state index contributed by atoms with van der Waals surface area (Å²) in [6, 6.07) is 14.3. The summed E-state index contributed by atoms with van der Waals surface area (Å²) in [5.74, 6) is 0.616. The lowest BCUT2D eigenvalue weighted by atomic mass is 10.0. The zero-order valence-electron chi connectivity index (χ0n) is 16.7. The molecule has 2 aromatic rings. The number of carbonyl (C=O) groups excluding carboxylic acids is 1. The Hall–Kier alpha value is -3.00.